The molecule has 0 bridgehead atoms. The summed E-state index contributed by atoms with van der Waals surface area (Å²) < 4.78 is 10.8. The van der Waals surface area contributed by atoms with Crippen LogP contribution in [0, 0.1) is 0 Å². The normalized spacial score (nSPS) is 17.1. The Labute approximate surface area is 434 Å². The number of nitrogens with zero attached hydrogens (tertiary/aromatic N) is 2. The van der Waals surface area contributed by atoms with Gasteiger partial charge in [-0.05, 0) is 132 Å². The molecule has 8 N–H and O–H groups in total. The van der Waals surface area contributed by atoms with Crippen molar-refractivity contribution in [3.05, 3.63) is 106 Å². The maximum absolute atomic E-state index is 15.1. The SMILES string of the molecule is CN1C(=O)[C@H](CCCCNC(=O)OC(C)(C)C)NC(=O)[C@H](CCCNC(=O)OC(C)(C)C)NCc2cccnc2Sc2c(Cl)ccc(-c3ccc(C(=O)O)c(O)c3)c2CNC(=O)[C@@H]1Cc1c[nH]c2ccccc12. The molecule has 5 aromatic rings. The van der Waals surface area contributed by atoms with Crippen molar-refractivity contribution in [1.29, 1.82) is 0 Å². The van der Waals surface area contributed by atoms with Gasteiger partial charge in [0.05, 0.1) is 11.1 Å². The topological polar surface area (TPSA) is 253 Å². The molecule has 0 spiro atoms. The Balaban J connectivity index is 1.42. The first-order valence-corrected chi connectivity index (χ1v) is 25.3. The summed E-state index contributed by atoms with van der Waals surface area (Å²) in [6.07, 6.45) is 3.82. The third-order valence-electron chi connectivity index (χ3n) is 11.8. The fraction of sp³-hybridized carbons (Fsp3) is 0.415. The number of pyridine rings is 1. The number of phenols is 1. The zero-order chi connectivity index (χ0) is 53.0. The smallest absolute Gasteiger partial charge is 0.407 e. The largest absolute Gasteiger partial charge is 0.507 e. The molecular formula is C53H65ClN8O10S. The number of amides is 5. The van der Waals surface area contributed by atoms with E-state index in [0.29, 0.717) is 56.5 Å². The van der Waals surface area contributed by atoms with Crippen molar-refractivity contribution in [2.24, 2.45) is 0 Å². The predicted octanol–water partition coefficient (Wildman–Crippen LogP) is 8.08. The van der Waals surface area contributed by atoms with E-state index in [1.54, 1.807) is 78.2 Å². The maximum Gasteiger partial charge on any atom is 0.407 e. The van der Waals surface area contributed by atoms with E-state index < -0.39 is 71.0 Å². The molecule has 0 aliphatic carbocycles. The highest BCUT2D eigenvalue weighted by atomic mass is 35.5. The van der Waals surface area contributed by atoms with E-state index in [0.717, 1.165) is 16.5 Å². The number of fused-ring (bicyclic) bond motifs is 3. The molecular weight excluding hydrogens is 976 g/mol. The fourth-order valence-corrected chi connectivity index (χ4v) is 9.61. The predicted molar refractivity (Wildman–Crippen MR) is 278 cm³/mol. The van der Waals surface area contributed by atoms with Crippen molar-refractivity contribution >= 4 is 70.1 Å². The number of benzene rings is 3. The number of H-pyrrole nitrogens is 1. The molecule has 3 aromatic carbocycles. The van der Waals surface area contributed by atoms with Gasteiger partial charge in [-0.1, -0.05) is 59.8 Å². The van der Waals surface area contributed by atoms with Crippen LogP contribution in [0.25, 0.3) is 22.0 Å². The number of carbonyl (C=O) groups is 6. The van der Waals surface area contributed by atoms with E-state index in [2.05, 4.69) is 31.6 Å². The molecule has 18 nitrogen and oxygen atoms in total. The molecule has 0 fully saturated rings. The van der Waals surface area contributed by atoms with Gasteiger partial charge in [-0.3, -0.25) is 14.4 Å². The van der Waals surface area contributed by atoms with E-state index in [4.69, 9.17) is 26.1 Å². The van der Waals surface area contributed by atoms with Gasteiger partial charge >= 0.3 is 18.2 Å². The van der Waals surface area contributed by atoms with Crippen LogP contribution >= 0.6 is 23.4 Å². The van der Waals surface area contributed by atoms with E-state index in [1.165, 1.54) is 35.8 Å². The number of carbonyl (C=O) groups excluding carboxylic acids is 5. The van der Waals surface area contributed by atoms with E-state index in [1.807, 2.05) is 30.3 Å². The monoisotopic (exact) mass is 1040 g/mol. The van der Waals surface area contributed by atoms with Gasteiger partial charge in [-0.2, -0.15) is 0 Å². The van der Waals surface area contributed by atoms with Crippen molar-refractivity contribution in [1.82, 2.24) is 41.5 Å². The Morgan fingerprint density at radius 1 is 0.849 bits per heavy atom. The molecule has 20 heteroatoms. The third-order valence-corrected chi connectivity index (χ3v) is 13.5. The maximum atomic E-state index is 15.1. The highest BCUT2D eigenvalue weighted by Gasteiger charge is 2.35. The summed E-state index contributed by atoms with van der Waals surface area (Å²) in [7, 11) is 1.53. The number of likely N-dealkylation sites (N-methyl/N-ethyl adjacent to an activating group) is 1. The zero-order valence-electron chi connectivity index (χ0n) is 42.1. The Kier molecular flexibility index (Phi) is 18.8. The van der Waals surface area contributed by atoms with Gasteiger partial charge in [0.15, 0.2) is 0 Å². The second-order valence-corrected chi connectivity index (χ2v) is 21.2. The van der Waals surface area contributed by atoms with E-state index >= 15 is 4.79 Å². The molecule has 0 saturated heterocycles. The number of aromatic hydroxyl groups is 1. The number of carboxylic acids is 1. The molecule has 0 radical (unpaired) electrons. The van der Waals surface area contributed by atoms with Crippen LogP contribution in [0.1, 0.15) is 101 Å². The van der Waals surface area contributed by atoms with Gasteiger partial charge < -0.3 is 56.2 Å². The lowest BCUT2D eigenvalue weighted by molar-refractivity contribution is -0.142. The number of halogens is 1. The molecule has 390 valence electrons. The zero-order valence-corrected chi connectivity index (χ0v) is 43.7. The standard InChI is InChI=1S/C53H65ClN8O10S/c1-52(2,3)71-50(69)56-23-11-10-17-41-48(66)62(7)42(26-33-29-58-39-16-9-8-15-35(33)39)46(65)60-30-37-34(31-19-20-36(49(67)68)43(63)27-31)21-22-38(54)44(37)73-47-32(14-12-24-55-47)28-59-40(45(64)61-41)18-13-25-57-51(70)72-53(4,5)6/h8-9,12,14-16,19-22,24,27,29,40-42,58-59,63H,10-11,13,17-18,23,25-26,28,30H2,1-7H3,(H,56,69)(H,57,70)(H,60,65)(H,61,64)(H,67,68)/t40-,41-,42-/m0/s1. The van der Waals surface area contributed by atoms with Crippen molar-refractivity contribution in [3.63, 3.8) is 0 Å². The molecule has 73 heavy (non-hydrogen) atoms. The van der Waals surface area contributed by atoms with Crippen LogP contribution in [0.3, 0.4) is 0 Å². The summed E-state index contributed by atoms with van der Waals surface area (Å²) in [6, 6.07) is 15.6. The van der Waals surface area contributed by atoms with Gasteiger partial charge in [0.25, 0.3) is 0 Å². The molecule has 1 aliphatic heterocycles. The first-order valence-electron chi connectivity index (χ1n) is 24.1. The summed E-state index contributed by atoms with van der Waals surface area (Å²) in [5, 5.41) is 37.2. The highest BCUT2D eigenvalue weighted by Crippen LogP contribution is 2.42. The molecule has 1 aliphatic rings. The van der Waals surface area contributed by atoms with Crippen LogP contribution in [0.15, 0.2) is 89.0 Å². The lowest BCUT2D eigenvalue weighted by atomic mass is 9.97. The van der Waals surface area contributed by atoms with Crippen molar-refractivity contribution in [2.45, 2.75) is 132 Å². The number of aromatic nitrogens is 2. The average molecular weight is 1040 g/mol. The Morgan fingerprint density at radius 2 is 1.53 bits per heavy atom. The number of aromatic amines is 1. The quantitative estimate of drug-likeness (QED) is 0.0520. The third kappa shape index (κ3) is 15.6. The molecule has 0 unspecified atom stereocenters. The van der Waals surface area contributed by atoms with Crippen LogP contribution < -0.4 is 26.6 Å². The van der Waals surface area contributed by atoms with Crippen molar-refractivity contribution < 1.29 is 48.5 Å². The Morgan fingerprint density at radius 3 is 2.22 bits per heavy atom. The molecule has 3 heterocycles. The second-order valence-electron chi connectivity index (χ2n) is 19.7. The van der Waals surface area contributed by atoms with Crippen LogP contribution in [-0.2, 0) is 43.4 Å². The minimum Gasteiger partial charge on any atom is -0.507 e. The number of nitrogens with one attached hydrogen (secondary N) is 6. The Hall–Kier alpha value is -6.83. The van der Waals surface area contributed by atoms with Gasteiger partial charge in [0, 0.05) is 67.8 Å². The number of carboxylic acid groups (broad SMARTS) is 1. The number of hydrogen-bond donors (Lipinski definition) is 8. The molecule has 3 atom stereocenters. The lowest BCUT2D eigenvalue weighted by Gasteiger charge is -2.32. The molecule has 6 rings (SSSR count). The summed E-state index contributed by atoms with van der Waals surface area (Å²) >= 11 is 8.28. The number of rotatable bonds is 13. The molecule has 0 saturated carbocycles. The van der Waals surface area contributed by atoms with E-state index in [-0.39, 0.29) is 51.0 Å². The number of hydrogen-bond acceptors (Lipinski definition) is 12. The van der Waals surface area contributed by atoms with Crippen molar-refractivity contribution in [3.8, 4) is 16.9 Å². The summed E-state index contributed by atoms with van der Waals surface area (Å²) in [5.41, 5.74) is 2.06. The molecule has 2 aromatic heterocycles. The van der Waals surface area contributed by atoms with Crippen LogP contribution in [0.4, 0.5) is 9.59 Å². The van der Waals surface area contributed by atoms with Crippen LogP contribution in [0.2, 0.25) is 5.02 Å². The minimum absolute atomic E-state index is 0.0687. The highest BCUT2D eigenvalue weighted by molar-refractivity contribution is 7.99. The minimum atomic E-state index is -1.31. The second kappa shape index (κ2) is 24.7. The number of para-hydroxylation sites is 1. The summed E-state index contributed by atoms with van der Waals surface area (Å²) in [5.74, 6) is -3.33. The number of aromatic carboxylic acids is 1. The average Bonchev–Trinajstić information content (AvgIpc) is 3.73. The number of unbranched alkanes of at least 4 members (excludes halogenated alkanes) is 1. The van der Waals surface area contributed by atoms with Gasteiger partial charge in [-0.15, -0.1) is 0 Å². The Bertz CT molecular complexity index is 2810. The van der Waals surface area contributed by atoms with Crippen LogP contribution in [-0.4, -0.2) is 110 Å². The summed E-state index contributed by atoms with van der Waals surface area (Å²) in [6.45, 7) is 11.0. The first kappa shape index (κ1) is 55.5. The lowest BCUT2D eigenvalue weighted by Crippen LogP contribution is -2.57. The fourth-order valence-electron chi connectivity index (χ4n) is 8.27. The summed E-state index contributed by atoms with van der Waals surface area (Å²) in [4.78, 5) is 91.5. The van der Waals surface area contributed by atoms with Crippen molar-refractivity contribution in [2.75, 3.05) is 20.1 Å². The first-order chi connectivity index (χ1) is 34.6. The number of alkyl carbamates (subject to hydrolysis) is 2. The van der Waals surface area contributed by atoms with Crippen LogP contribution in [0.5, 0.6) is 5.75 Å². The van der Waals surface area contributed by atoms with Gasteiger partial charge in [-0.25, -0.2) is 19.4 Å². The number of ether oxygens (including phenoxy) is 2. The van der Waals surface area contributed by atoms with E-state index in [9.17, 15) is 34.2 Å². The van der Waals surface area contributed by atoms with Gasteiger partial charge in [0.1, 0.15) is 39.6 Å². The molecule has 5 amide bonds. The van der Waals surface area contributed by atoms with Gasteiger partial charge in [0.2, 0.25) is 17.7 Å².